The number of thiophene rings is 2. The minimum Gasteiger partial charge on any atom is -0.310 e. The third-order valence-corrected chi connectivity index (χ3v) is 10.8. The lowest BCUT2D eigenvalue weighted by Gasteiger charge is -2.25. The van der Waals surface area contributed by atoms with Crippen molar-refractivity contribution >= 4 is 90.9 Å². The van der Waals surface area contributed by atoms with Crippen molar-refractivity contribution in [3.05, 3.63) is 152 Å². The topological polar surface area (TPSA) is 3.24 Å². The van der Waals surface area contributed by atoms with Crippen LogP contribution in [0.25, 0.3) is 62.2 Å². The SMILES string of the molecule is c1ccc(-c2ccc(N(c3ccccc3)c3ccc4c(c3)sc3ccc5c(sc6ccc7ccccc7c65)c34)cc2)cc1. The summed E-state index contributed by atoms with van der Waals surface area (Å²) in [5, 5.41) is 8.09. The van der Waals surface area contributed by atoms with Gasteiger partial charge in [-0.1, -0.05) is 103 Å². The number of anilines is 3. The zero-order chi connectivity index (χ0) is 28.3. The molecule has 9 aromatic rings. The van der Waals surface area contributed by atoms with Gasteiger partial charge in [0.1, 0.15) is 0 Å². The molecular formula is C40H25NS2. The highest BCUT2D eigenvalue weighted by atomic mass is 32.1. The first kappa shape index (κ1) is 24.6. The van der Waals surface area contributed by atoms with E-state index in [1.807, 2.05) is 22.7 Å². The maximum atomic E-state index is 2.37. The molecule has 1 nitrogen and oxygen atoms in total. The van der Waals surface area contributed by atoms with Gasteiger partial charge in [-0.25, -0.2) is 0 Å². The summed E-state index contributed by atoms with van der Waals surface area (Å²) < 4.78 is 5.39. The molecular weight excluding hydrogens is 559 g/mol. The van der Waals surface area contributed by atoms with Crippen molar-refractivity contribution in [1.82, 2.24) is 0 Å². The van der Waals surface area contributed by atoms with Crippen LogP contribution in [0.4, 0.5) is 17.1 Å². The molecule has 0 aliphatic heterocycles. The molecule has 0 atom stereocenters. The molecule has 9 rings (SSSR count). The third-order valence-electron chi connectivity index (χ3n) is 8.45. The predicted octanol–water partition coefficient (Wildman–Crippen LogP) is 12.7. The monoisotopic (exact) mass is 583 g/mol. The van der Waals surface area contributed by atoms with E-state index in [9.17, 15) is 0 Å². The predicted molar refractivity (Wildman–Crippen MR) is 190 cm³/mol. The lowest BCUT2D eigenvalue weighted by atomic mass is 10.0. The molecule has 0 unspecified atom stereocenters. The van der Waals surface area contributed by atoms with E-state index in [1.54, 1.807) is 0 Å². The number of rotatable bonds is 4. The molecule has 0 saturated heterocycles. The molecule has 2 aromatic heterocycles. The van der Waals surface area contributed by atoms with E-state index in [0.717, 1.165) is 17.1 Å². The van der Waals surface area contributed by atoms with Gasteiger partial charge in [0.15, 0.2) is 0 Å². The first-order valence-electron chi connectivity index (χ1n) is 14.5. The van der Waals surface area contributed by atoms with Crippen molar-refractivity contribution in [3.63, 3.8) is 0 Å². The molecule has 0 spiro atoms. The number of hydrogen-bond donors (Lipinski definition) is 0. The highest BCUT2D eigenvalue weighted by molar-refractivity contribution is 7.30. The average molecular weight is 584 g/mol. The second-order valence-electron chi connectivity index (χ2n) is 10.9. The minimum absolute atomic E-state index is 1.14. The van der Waals surface area contributed by atoms with E-state index in [0.29, 0.717) is 0 Å². The quantitative estimate of drug-likeness (QED) is 0.199. The van der Waals surface area contributed by atoms with Crippen LogP contribution >= 0.6 is 22.7 Å². The maximum Gasteiger partial charge on any atom is 0.0476 e. The zero-order valence-electron chi connectivity index (χ0n) is 23.2. The summed E-state index contributed by atoms with van der Waals surface area (Å²) >= 11 is 3.82. The lowest BCUT2D eigenvalue weighted by molar-refractivity contribution is 1.29. The van der Waals surface area contributed by atoms with Gasteiger partial charge < -0.3 is 4.90 Å². The van der Waals surface area contributed by atoms with Gasteiger partial charge in [-0.05, 0) is 70.4 Å². The zero-order valence-corrected chi connectivity index (χ0v) is 24.8. The molecule has 0 radical (unpaired) electrons. The van der Waals surface area contributed by atoms with E-state index in [2.05, 4.69) is 157 Å². The van der Waals surface area contributed by atoms with Gasteiger partial charge in [-0.15, -0.1) is 22.7 Å². The summed E-state index contributed by atoms with van der Waals surface area (Å²) in [4.78, 5) is 2.36. The van der Waals surface area contributed by atoms with Gasteiger partial charge >= 0.3 is 0 Å². The first-order chi connectivity index (χ1) is 21.3. The molecule has 7 aromatic carbocycles. The van der Waals surface area contributed by atoms with Crippen LogP contribution in [-0.2, 0) is 0 Å². The number of nitrogens with zero attached hydrogens (tertiary/aromatic N) is 1. The van der Waals surface area contributed by atoms with E-state index in [1.165, 1.54) is 62.2 Å². The Bertz CT molecular complexity index is 2440. The Labute approximate surface area is 257 Å². The number of hydrogen-bond acceptors (Lipinski definition) is 3. The van der Waals surface area contributed by atoms with Gasteiger partial charge in [-0.3, -0.25) is 0 Å². The van der Waals surface area contributed by atoms with E-state index in [-0.39, 0.29) is 0 Å². The van der Waals surface area contributed by atoms with Gasteiger partial charge in [0, 0.05) is 57.4 Å². The number of para-hydroxylation sites is 1. The standard InChI is InChI=1S/C40H25NS2/c1-3-9-26(10-4-1)27-15-18-30(19-16-27)41(29-12-5-2-6-13-29)31-20-21-33-37(25-31)42-36-24-22-34-38-32-14-8-7-11-28(32)17-23-35(38)43-40(34)39(33)36/h1-25H. The van der Waals surface area contributed by atoms with Gasteiger partial charge in [0.2, 0.25) is 0 Å². The van der Waals surface area contributed by atoms with E-state index >= 15 is 0 Å². The molecule has 0 bridgehead atoms. The van der Waals surface area contributed by atoms with Gasteiger partial charge in [0.05, 0.1) is 0 Å². The minimum atomic E-state index is 1.14. The Kier molecular flexibility index (Phi) is 5.62. The highest BCUT2D eigenvalue weighted by Crippen LogP contribution is 2.47. The molecule has 43 heavy (non-hydrogen) atoms. The van der Waals surface area contributed by atoms with Gasteiger partial charge in [-0.2, -0.15) is 0 Å². The molecule has 0 N–H and O–H groups in total. The Balaban J connectivity index is 1.22. The van der Waals surface area contributed by atoms with Crippen molar-refractivity contribution in [2.45, 2.75) is 0 Å². The molecule has 2 heterocycles. The summed E-state index contributed by atoms with van der Waals surface area (Å²) in [5.74, 6) is 0. The van der Waals surface area contributed by atoms with Crippen LogP contribution in [0.15, 0.2) is 152 Å². The number of fused-ring (bicyclic) bond motifs is 9. The maximum absolute atomic E-state index is 2.37. The van der Waals surface area contributed by atoms with E-state index in [4.69, 9.17) is 0 Å². The van der Waals surface area contributed by atoms with Crippen LogP contribution in [0.1, 0.15) is 0 Å². The van der Waals surface area contributed by atoms with Crippen LogP contribution in [0.2, 0.25) is 0 Å². The molecule has 0 amide bonds. The molecule has 0 fully saturated rings. The third kappa shape index (κ3) is 3.97. The Morgan fingerprint density at radius 3 is 1.84 bits per heavy atom. The average Bonchev–Trinajstić information content (AvgIpc) is 3.64. The number of benzene rings is 7. The van der Waals surface area contributed by atoms with Crippen LogP contribution < -0.4 is 4.90 Å². The largest absolute Gasteiger partial charge is 0.310 e. The van der Waals surface area contributed by atoms with E-state index < -0.39 is 0 Å². The van der Waals surface area contributed by atoms with Crippen LogP contribution in [0.3, 0.4) is 0 Å². The smallest absolute Gasteiger partial charge is 0.0476 e. The van der Waals surface area contributed by atoms with Crippen molar-refractivity contribution in [2.24, 2.45) is 0 Å². The van der Waals surface area contributed by atoms with Crippen molar-refractivity contribution in [3.8, 4) is 11.1 Å². The fourth-order valence-electron chi connectivity index (χ4n) is 6.45. The summed E-state index contributed by atoms with van der Waals surface area (Å²) in [6.07, 6.45) is 0. The summed E-state index contributed by atoms with van der Waals surface area (Å²) in [5.41, 5.74) is 5.90. The highest BCUT2D eigenvalue weighted by Gasteiger charge is 2.18. The Hall–Kier alpha value is -4.96. The Morgan fingerprint density at radius 2 is 1.00 bits per heavy atom. The molecule has 202 valence electrons. The molecule has 0 saturated carbocycles. The van der Waals surface area contributed by atoms with Gasteiger partial charge in [0.25, 0.3) is 0 Å². The van der Waals surface area contributed by atoms with Crippen LogP contribution in [0, 0.1) is 0 Å². The summed E-state index contributed by atoms with van der Waals surface area (Å²) in [7, 11) is 0. The molecule has 0 aliphatic carbocycles. The summed E-state index contributed by atoms with van der Waals surface area (Å²) in [6.45, 7) is 0. The van der Waals surface area contributed by atoms with Crippen molar-refractivity contribution < 1.29 is 0 Å². The fourth-order valence-corrected chi connectivity index (χ4v) is 8.94. The van der Waals surface area contributed by atoms with Crippen LogP contribution in [-0.4, -0.2) is 0 Å². The fraction of sp³-hybridized carbons (Fsp3) is 0. The molecule has 0 aliphatic rings. The normalized spacial score (nSPS) is 11.7. The van der Waals surface area contributed by atoms with Crippen molar-refractivity contribution in [1.29, 1.82) is 0 Å². The summed E-state index contributed by atoms with van der Waals surface area (Å²) in [6, 6.07) is 55.1. The molecule has 3 heteroatoms. The van der Waals surface area contributed by atoms with Crippen LogP contribution in [0.5, 0.6) is 0 Å². The lowest BCUT2D eigenvalue weighted by Crippen LogP contribution is -2.09. The second-order valence-corrected chi connectivity index (χ2v) is 13.1. The first-order valence-corrected chi connectivity index (χ1v) is 16.1. The Morgan fingerprint density at radius 1 is 0.372 bits per heavy atom. The van der Waals surface area contributed by atoms with Crippen molar-refractivity contribution in [2.75, 3.05) is 4.90 Å². The second kappa shape index (κ2) is 9.81.